The topological polar surface area (TPSA) is 80.5 Å². The van der Waals surface area contributed by atoms with E-state index < -0.39 is 0 Å². The molecule has 0 bridgehead atoms. The Labute approximate surface area is 108 Å². The Morgan fingerprint density at radius 2 is 2.06 bits per heavy atom. The van der Waals surface area contributed by atoms with Crippen LogP contribution in [0.3, 0.4) is 0 Å². The molecule has 0 atom stereocenters. The first kappa shape index (κ1) is 12.8. The molecule has 18 heavy (non-hydrogen) atoms. The SMILES string of the molecule is Cc1ncc(C2CCN(C)CC2)cc1N=C(N)N. The van der Waals surface area contributed by atoms with Gasteiger partial charge in [-0.05, 0) is 57.5 Å². The maximum absolute atomic E-state index is 5.43. The van der Waals surface area contributed by atoms with E-state index >= 15 is 0 Å². The van der Waals surface area contributed by atoms with E-state index in [1.165, 1.54) is 18.4 Å². The van der Waals surface area contributed by atoms with Crippen molar-refractivity contribution in [2.45, 2.75) is 25.7 Å². The van der Waals surface area contributed by atoms with E-state index in [9.17, 15) is 0 Å². The fourth-order valence-corrected chi connectivity index (χ4v) is 2.35. The molecule has 1 fully saturated rings. The monoisotopic (exact) mass is 247 g/mol. The van der Waals surface area contributed by atoms with Crippen molar-refractivity contribution in [3.8, 4) is 0 Å². The Balaban J connectivity index is 2.21. The fourth-order valence-electron chi connectivity index (χ4n) is 2.35. The summed E-state index contributed by atoms with van der Waals surface area (Å²) in [7, 11) is 2.16. The highest BCUT2D eigenvalue weighted by molar-refractivity contribution is 5.79. The van der Waals surface area contributed by atoms with E-state index in [1.807, 2.05) is 13.1 Å². The molecule has 1 aromatic heterocycles. The number of aromatic nitrogens is 1. The second-order valence-corrected chi connectivity index (χ2v) is 4.99. The minimum atomic E-state index is 0.0837. The summed E-state index contributed by atoms with van der Waals surface area (Å²) in [6, 6.07) is 2.07. The number of hydrogen-bond acceptors (Lipinski definition) is 3. The highest BCUT2D eigenvalue weighted by Crippen LogP contribution is 2.30. The zero-order chi connectivity index (χ0) is 13.1. The highest BCUT2D eigenvalue weighted by atomic mass is 15.1. The van der Waals surface area contributed by atoms with E-state index in [0.29, 0.717) is 5.92 Å². The van der Waals surface area contributed by atoms with Gasteiger partial charge in [0.1, 0.15) is 0 Å². The highest BCUT2D eigenvalue weighted by Gasteiger charge is 2.19. The number of piperidine rings is 1. The van der Waals surface area contributed by atoms with Gasteiger partial charge in [-0.3, -0.25) is 4.98 Å². The smallest absolute Gasteiger partial charge is 0.191 e. The molecule has 1 aliphatic heterocycles. The minimum Gasteiger partial charge on any atom is -0.370 e. The Kier molecular flexibility index (Phi) is 3.81. The van der Waals surface area contributed by atoms with Gasteiger partial charge < -0.3 is 16.4 Å². The second-order valence-electron chi connectivity index (χ2n) is 4.99. The van der Waals surface area contributed by atoms with Crippen LogP contribution in [0, 0.1) is 6.92 Å². The van der Waals surface area contributed by atoms with Crippen molar-refractivity contribution in [2.24, 2.45) is 16.5 Å². The van der Waals surface area contributed by atoms with Crippen LogP contribution < -0.4 is 11.5 Å². The van der Waals surface area contributed by atoms with Crippen molar-refractivity contribution in [2.75, 3.05) is 20.1 Å². The predicted octanol–water partition coefficient (Wildman–Crippen LogP) is 1.10. The van der Waals surface area contributed by atoms with Crippen LogP contribution in [0.5, 0.6) is 0 Å². The molecule has 1 aliphatic rings. The lowest BCUT2D eigenvalue weighted by Gasteiger charge is -2.29. The van der Waals surface area contributed by atoms with Gasteiger partial charge in [-0.15, -0.1) is 0 Å². The van der Waals surface area contributed by atoms with Crippen molar-refractivity contribution in [3.05, 3.63) is 23.5 Å². The molecule has 0 aliphatic carbocycles. The number of nitrogens with zero attached hydrogens (tertiary/aromatic N) is 3. The van der Waals surface area contributed by atoms with Crippen LogP contribution in [0.2, 0.25) is 0 Å². The third-order valence-corrected chi connectivity index (χ3v) is 3.52. The van der Waals surface area contributed by atoms with Crippen molar-refractivity contribution in [1.29, 1.82) is 0 Å². The molecular formula is C13H21N5. The lowest BCUT2D eigenvalue weighted by molar-refractivity contribution is 0.255. The van der Waals surface area contributed by atoms with Gasteiger partial charge in [0.15, 0.2) is 5.96 Å². The van der Waals surface area contributed by atoms with Crippen LogP contribution in [-0.2, 0) is 0 Å². The standard InChI is InChI=1S/C13H21N5/c1-9-12(17-13(14)15)7-11(8-16-9)10-3-5-18(2)6-4-10/h7-8,10H,3-6H2,1-2H3,(H4,14,15,17). The molecule has 0 aromatic carbocycles. The fraction of sp³-hybridized carbons (Fsp3) is 0.538. The first-order valence-electron chi connectivity index (χ1n) is 6.31. The molecular weight excluding hydrogens is 226 g/mol. The molecule has 1 saturated heterocycles. The summed E-state index contributed by atoms with van der Waals surface area (Å²) < 4.78 is 0. The van der Waals surface area contributed by atoms with Crippen LogP contribution in [0.1, 0.15) is 30.0 Å². The molecule has 5 nitrogen and oxygen atoms in total. The summed E-state index contributed by atoms with van der Waals surface area (Å²) in [5.41, 5.74) is 13.8. The Hall–Kier alpha value is -1.62. The molecule has 0 radical (unpaired) electrons. The lowest BCUT2D eigenvalue weighted by Crippen LogP contribution is -2.29. The van der Waals surface area contributed by atoms with E-state index in [-0.39, 0.29) is 5.96 Å². The van der Waals surface area contributed by atoms with E-state index in [0.717, 1.165) is 24.5 Å². The summed E-state index contributed by atoms with van der Waals surface area (Å²) in [4.78, 5) is 10.9. The van der Waals surface area contributed by atoms with Crippen LogP contribution in [0.4, 0.5) is 5.69 Å². The quantitative estimate of drug-likeness (QED) is 0.606. The summed E-state index contributed by atoms with van der Waals surface area (Å²) in [6.45, 7) is 4.19. The maximum Gasteiger partial charge on any atom is 0.191 e. The number of aliphatic imine (C=N–C) groups is 1. The largest absolute Gasteiger partial charge is 0.370 e. The minimum absolute atomic E-state index is 0.0837. The molecule has 4 N–H and O–H groups in total. The number of likely N-dealkylation sites (tertiary alicyclic amines) is 1. The molecule has 0 spiro atoms. The van der Waals surface area contributed by atoms with Gasteiger partial charge in [-0.1, -0.05) is 0 Å². The molecule has 0 unspecified atom stereocenters. The third-order valence-electron chi connectivity index (χ3n) is 3.52. The van der Waals surface area contributed by atoms with Gasteiger partial charge in [0.25, 0.3) is 0 Å². The van der Waals surface area contributed by atoms with Crippen LogP contribution >= 0.6 is 0 Å². The first-order valence-corrected chi connectivity index (χ1v) is 6.31. The van der Waals surface area contributed by atoms with Crippen LogP contribution in [0.15, 0.2) is 17.3 Å². The summed E-state index contributed by atoms with van der Waals surface area (Å²) in [5, 5.41) is 0. The average molecular weight is 247 g/mol. The summed E-state index contributed by atoms with van der Waals surface area (Å²) in [6.07, 6.45) is 4.29. The Morgan fingerprint density at radius 1 is 1.39 bits per heavy atom. The van der Waals surface area contributed by atoms with Gasteiger partial charge in [0.05, 0.1) is 11.4 Å². The second kappa shape index (κ2) is 5.35. The molecule has 5 heteroatoms. The average Bonchev–Trinajstić information content (AvgIpc) is 2.32. The van der Waals surface area contributed by atoms with E-state index in [2.05, 4.69) is 28.0 Å². The number of pyridine rings is 1. The van der Waals surface area contributed by atoms with Gasteiger partial charge in [-0.25, -0.2) is 4.99 Å². The predicted molar refractivity (Wildman–Crippen MR) is 73.9 cm³/mol. The molecule has 2 rings (SSSR count). The normalized spacial score (nSPS) is 17.7. The van der Waals surface area contributed by atoms with Crippen molar-refractivity contribution in [3.63, 3.8) is 0 Å². The van der Waals surface area contributed by atoms with Crippen molar-refractivity contribution < 1.29 is 0 Å². The van der Waals surface area contributed by atoms with E-state index in [4.69, 9.17) is 11.5 Å². The summed E-state index contributed by atoms with van der Waals surface area (Å²) in [5.74, 6) is 0.655. The van der Waals surface area contributed by atoms with Crippen molar-refractivity contribution in [1.82, 2.24) is 9.88 Å². The number of hydrogen-bond donors (Lipinski definition) is 2. The number of guanidine groups is 1. The molecule has 98 valence electrons. The maximum atomic E-state index is 5.43. The molecule has 1 aromatic rings. The van der Waals surface area contributed by atoms with Gasteiger partial charge >= 0.3 is 0 Å². The number of rotatable bonds is 2. The van der Waals surface area contributed by atoms with Gasteiger partial charge in [0, 0.05) is 6.20 Å². The van der Waals surface area contributed by atoms with Crippen LogP contribution in [0.25, 0.3) is 0 Å². The molecule has 0 amide bonds. The Morgan fingerprint density at radius 3 is 2.67 bits per heavy atom. The lowest BCUT2D eigenvalue weighted by atomic mass is 9.90. The number of aryl methyl sites for hydroxylation is 1. The van der Waals surface area contributed by atoms with Crippen molar-refractivity contribution >= 4 is 11.6 Å². The zero-order valence-corrected chi connectivity index (χ0v) is 11.1. The van der Waals surface area contributed by atoms with Gasteiger partial charge in [-0.2, -0.15) is 0 Å². The Bertz CT molecular complexity index is 443. The molecule has 0 saturated carbocycles. The van der Waals surface area contributed by atoms with Crippen LogP contribution in [-0.4, -0.2) is 36.0 Å². The van der Waals surface area contributed by atoms with Gasteiger partial charge in [0.2, 0.25) is 0 Å². The number of nitrogens with two attached hydrogens (primary N) is 2. The zero-order valence-electron chi connectivity index (χ0n) is 11.1. The molecule has 2 heterocycles. The third kappa shape index (κ3) is 2.98. The summed E-state index contributed by atoms with van der Waals surface area (Å²) >= 11 is 0. The van der Waals surface area contributed by atoms with E-state index in [1.54, 1.807) is 0 Å². The first-order chi connectivity index (χ1) is 8.56.